The van der Waals surface area contributed by atoms with E-state index < -0.39 is 4.92 Å². The summed E-state index contributed by atoms with van der Waals surface area (Å²) in [5.41, 5.74) is 0.667. The van der Waals surface area contributed by atoms with Crippen LogP contribution in [-0.2, 0) is 11.3 Å². The Morgan fingerprint density at radius 1 is 1.36 bits per heavy atom. The zero-order chi connectivity index (χ0) is 15.9. The molecule has 0 bridgehead atoms. The molecule has 1 heterocycles. The summed E-state index contributed by atoms with van der Waals surface area (Å²) >= 11 is 0. The van der Waals surface area contributed by atoms with Crippen LogP contribution in [0.15, 0.2) is 36.5 Å². The molecule has 0 aliphatic rings. The van der Waals surface area contributed by atoms with Gasteiger partial charge < -0.3 is 20.2 Å². The number of amides is 1. The standard InChI is InChI=1S/C14H16N4O4/c1-2-22-12-5-3-11(4-6-12)15-14(19)8-10-17-9-7-13(16-17)18(20)21/h3-7,9H,2,8,10H2,1H3,(H,15,19). The molecule has 1 amide bonds. The number of nitrogens with one attached hydrogen (secondary N) is 1. The van der Waals surface area contributed by atoms with Crippen molar-refractivity contribution >= 4 is 17.4 Å². The van der Waals surface area contributed by atoms with E-state index in [-0.39, 0.29) is 24.7 Å². The number of ether oxygens (including phenoxy) is 1. The van der Waals surface area contributed by atoms with Crippen LogP contribution in [0, 0.1) is 10.1 Å². The number of hydrogen-bond donors (Lipinski definition) is 1. The molecule has 0 spiro atoms. The molecule has 116 valence electrons. The number of carbonyl (C=O) groups excluding carboxylic acids is 1. The lowest BCUT2D eigenvalue weighted by Gasteiger charge is -2.06. The van der Waals surface area contributed by atoms with Crippen molar-refractivity contribution in [3.8, 4) is 5.75 Å². The van der Waals surface area contributed by atoms with E-state index in [1.54, 1.807) is 24.3 Å². The first kappa shape index (κ1) is 15.5. The first-order chi connectivity index (χ1) is 10.6. The lowest BCUT2D eigenvalue weighted by molar-refractivity contribution is -0.389. The van der Waals surface area contributed by atoms with E-state index in [4.69, 9.17) is 4.74 Å². The monoisotopic (exact) mass is 304 g/mol. The van der Waals surface area contributed by atoms with Crippen molar-refractivity contribution in [2.24, 2.45) is 0 Å². The van der Waals surface area contributed by atoms with Crippen LogP contribution in [0.25, 0.3) is 0 Å². The highest BCUT2D eigenvalue weighted by molar-refractivity contribution is 5.90. The Balaban J connectivity index is 1.83. The smallest absolute Gasteiger partial charge is 0.389 e. The number of aromatic nitrogens is 2. The quantitative estimate of drug-likeness (QED) is 0.624. The molecule has 8 heteroatoms. The SMILES string of the molecule is CCOc1ccc(NC(=O)CCn2ccc([N+](=O)[O-])n2)cc1. The number of benzene rings is 1. The molecule has 1 N–H and O–H groups in total. The van der Waals surface area contributed by atoms with Gasteiger partial charge in [-0.1, -0.05) is 0 Å². The summed E-state index contributed by atoms with van der Waals surface area (Å²) in [6.45, 7) is 2.76. The topological polar surface area (TPSA) is 99.3 Å². The predicted octanol–water partition coefficient (Wildman–Crippen LogP) is 2.22. The van der Waals surface area contributed by atoms with Crippen LogP contribution in [0.2, 0.25) is 0 Å². The summed E-state index contributed by atoms with van der Waals surface area (Å²) in [4.78, 5) is 21.8. The van der Waals surface area contributed by atoms with Gasteiger partial charge in [-0.15, -0.1) is 0 Å². The largest absolute Gasteiger partial charge is 0.494 e. The van der Waals surface area contributed by atoms with Gasteiger partial charge in [0.15, 0.2) is 0 Å². The molecule has 2 rings (SSSR count). The second-order valence-corrected chi connectivity index (χ2v) is 4.45. The van der Waals surface area contributed by atoms with Gasteiger partial charge in [0.2, 0.25) is 5.91 Å². The molecule has 2 aromatic rings. The number of anilines is 1. The predicted molar refractivity (Wildman–Crippen MR) is 79.7 cm³/mol. The van der Waals surface area contributed by atoms with Crippen LogP contribution in [0.1, 0.15) is 13.3 Å². The molecule has 8 nitrogen and oxygen atoms in total. The van der Waals surface area contributed by atoms with Crippen LogP contribution in [0.3, 0.4) is 0 Å². The summed E-state index contributed by atoms with van der Waals surface area (Å²) in [5, 5.41) is 17.0. The van der Waals surface area contributed by atoms with Gasteiger partial charge in [0.05, 0.1) is 30.5 Å². The molecule has 1 aromatic heterocycles. The number of aryl methyl sites for hydroxylation is 1. The molecule has 0 saturated heterocycles. The first-order valence-corrected chi connectivity index (χ1v) is 6.79. The molecule has 0 saturated carbocycles. The highest BCUT2D eigenvalue weighted by atomic mass is 16.6. The Labute approximate surface area is 126 Å². The molecule has 0 aliphatic heterocycles. The Bertz CT molecular complexity index is 651. The fourth-order valence-corrected chi connectivity index (χ4v) is 1.81. The van der Waals surface area contributed by atoms with E-state index in [0.717, 1.165) is 5.75 Å². The van der Waals surface area contributed by atoms with Crippen molar-refractivity contribution in [2.45, 2.75) is 19.9 Å². The molecular formula is C14H16N4O4. The second-order valence-electron chi connectivity index (χ2n) is 4.45. The van der Waals surface area contributed by atoms with Gasteiger partial charge in [-0.3, -0.25) is 4.79 Å². The molecule has 0 atom stereocenters. The third-order valence-corrected chi connectivity index (χ3v) is 2.83. The van der Waals surface area contributed by atoms with Gasteiger partial charge >= 0.3 is 5.82 Å². The van der Waals surface area contributed by atoms with Crippen LogP contribution >= 0.6 is 0 Å². The number of nitro groups is 1. The maximum atomic E-state index is 11.8. The third kappa shape index (κ3) is 4.30. The fourth-order valence-electron chi connectivity index (χ4n) is 1.81. The van der Waals surface area contributed by atoms with Gasteiger partial charge in [0, 0.05) is 12.1 Å². The Morgan fingerprint density at radius 2 is 2.09 bits per heavy atom. The zero-order valence-electron chi connectivity index (χ0n) is 12.1. The van der Waals surface area contributed by atoms with Gasteiger partial charge in [0.25, 0.3) is 0 Å². The summed E-state index contributed by atoms with van der Waals surface area (Å²) in [6, 6.07) is 8.35. The Kier molecular flexibility index (Phi) is 5.07. The number of hydrogen-bond acceptors (Lipinski definition) is 5. The minimum absolute atomic E-state index is 0.173. The average Bonchev–Trinajstić information content (AvgIpc) is 2.97. The van der Waals surface area contributed by atoms with Crippen LogP contribution in [0.5, 0.6) is 5.75 Å². The molecule has 0 fully saturated rings. The Morgan fingerprint density at radius 3 is 2.68 bits per heavy atom. The number of carbonyl (C=O) groups is 1. The molecule has 0 unspecified atom stereocenters. The van der Waals surface area contributed by atoms with Crippen molar-refractivity contribution in [3.63, 3.8) is 0 Å². The van der Waals surface area contributed by atoms with Crippen LogP contribution < -0.4 is 10.1 Å². The van der Waals surface area contributed by atoms with Crippen molar-refractivity contribution in [2.75, 3.05) is 11.9 Å². The first-order valence-electron chi connectivity index (χ1n) is 6.79. The summed E-state index contributed by atoms with van der Waals surface area (Å²) < 4.78 is 6.68. The van der Waals surface area contributed by atoms with E-state index in [2.05, 4.69) is 10.4 Å². The van der Waals surface area contributed by atoms with Crippen molar-refractivity contribution in [1.82, 2.24) is 9.78 Å². The lowest BCUT2D eigenvalue weighted by atomic mass is 10.3. The van der Waals surface area contributed by atoms with Crippen molar-refractivity contribution < 1.29 is 14.5 Å². The lowest BCUT2D eigenvalue weighted by Crippen LogP contribution is -2.14. The third-order valence-electron chi connectivity index (χ3n) is 2.83. The minimum Gasteiger partial charge on any atom is -0.494 e. The van der Waals surface area contributed by atoms with E-state index >= 15 is 0 Å². The van der Waals surface area contributed by atoms with E-state index in [1.807, 2.05) is 6.92 Å². The van der Waals surface area contributed by atoms with Gasteiger partial charge in [-0.25, -0.2) is 0 Å². The molecule has 0 aliphatic carbocycles. The molecule has 22 heavy (non-hydrogen) atoms. The van der Waals surface area contributed by atoms with Crippen LogP contribution in [-0.4, -0.2) is 27.2 Å². The average molecular weight is 304 g/mol. The maximum absolute atomic E-state index is 11.8. The van der Waals surface area contributed by atoms with E-state index in [9.17, 15) is 14.9 Å². The Hall–Kier alpha value is -2.90. The van der Waals surface area contributed by atoms with Gasteiger partial charge in [-0.2, -0.15) is 4.68 Å². The van der Waals surface area contributed by atoms with E-state index in [1.165, 1.54) is 16.9 Å². The minimum atomic E-state index is -0.573. The summed E-state index contributed by atoms with van der Waals surface area (Å²) in [5.74, 6) is 0.318. The van der Waals surface area contributed by atoms with Crippen molar-refractivity contribution in [3.05, 3.63) is 46.6 Å². The molecule has 1 aromatic carbocycles. The number of rotatable bonds is 7. The highest BCUT2D eigenvalue weighted by Gasteiger charge is 2.11. The normalized spacial score (nSPS) is 10.2. The second kappa shape index (κ2) is 7.21. The van der Waals surface area contributed by atoms with Gasteiger partial charge in [0.1, 0.15) is 5.75 Å². The van der Waals surface area contributed by atoms with Gasteiger partial charge in [-0.05, 0) is 36.1 Å². The summed E-state index contributed by atoms with van der Waals surface area (Å²) in [7, 11) is 0. The van der Waals surface area contributed by atoms with Crippen LogP contribution in [0.4, 0.5) is 11.5 Å². The maximum Gasteiger partial charge on any atom is 0.389 e. The van der Waals surface area contributed by atoms with Crippen molar-refractivity contribution in [1.29, 1.82) is 0 Å². The fraction of sp³-hybridized carbons (Fsp3) is 0.286. The highest BCUT2D eigenvalue weighted by Crippen LogP contribution is 2.15. The number of nitrogens with zero attached hydrogens (tertiary/aromatic N) is 3. The van der Waals surface area contributed by atoms with E-state index in [0.29, 0.717) is 12.3 Å². The summed E-state index contributed by atoms with van der Waals surface area (Å²) in [6.07, 6.45) is 1.65. The molecule has 0 radical (unpaired) electrons. The molecular weight excluding hydrogens is 288 g/mol. The zero-order valence-corrected chi connectivity index (χ0v) is 12.1.